The molecule has 18 heavy (non-hydrogen) atoms. The molecule has 0 bridgehead atoms. The number of aryl methyl sites for hydroxylation is 2. The van der Waals surface area contributed by atoms with Gasteiger partial charge in [0.25, 0.3) is 0 Å². The van der Waals surface area contributed by atoms with E-state index in [0.29, 0.717) is 5.92 Å². The molecule has 4 heteroatoms. The third kappa shape index (κ3) is 3.88. The molecule has 1 heterocycles. The van der Waals surface area contributed by atoms with Crippen LogP contribution >= 0.6 is 0 Å². The molecule has 0 saturated carbocycles. The lowest BCUT2D eigenvalue weighted by Crippen LogP contribution is -2.35. The molecule has 0 radical (unpaired) electrons. The van der Waals surface area contributed by atoms with Crippen molar-refractivity contribution < 1.29 is 14.3 Å². The van der Waals surface area contributed by atoms with E-state index in [9.17, 15) is 4.79 Å². The molecule has 0 aliphatic rings. The van der Waals surface area contributed by atoms with Gasteiger partial charge in [-0.15, -0.1) is 0 Å². The van der Waals surface area contributed by atoms with Gasteiger partial charge in [-0.3, -0.25) is 9.69 Å². The number of carboxylic acids is 1. The van der Waals surface area contributed by atoms with Gasteiger partial charge < -0.3 is 9.52 Å². The van der Waals surface area contributed by atoms with E-state index in [0.717, 1.165) is 23.6 Å². The lowest BCUT2D eigenvalue weighted by atomic mass is 10.1. The molecule has 0 aliphatic heterocycles. The summed E-state index contributed by atoms with van der Waals surface area (Å²) in [4.78, 5) is 12.9. The van der Waals surface area contributed by atoms with Crippen LogP contribution in [-0.4, -0.2) is 29.1 Å². The molecule has 1 rings (SSSR count). The second kappa shape index (κ2) is 6.05. The van der Waals surface area contributed by atoms with Crippen molar-refractivity contribution in [3.05, 3.63) is 23.2 Å². The Bertz CT molecular complexity index is 409. The molecule has 0 fully saturated rings. The lowest BCUT2D eigenvalue weighted by Gasteiger charge is -2.28. The molecular formula is C14H23NO3. The molecule has 0 aromatic carbocycles. The fraction of sp³-hybridized carbons (Fsp3) is 0.643. The van der Waals surface area contributed by atoms with Crippen molar-refractivity contribution in [3.63, 3.8) is 0 Å². The molecule has 1 N–H and O–H groups in total. The van der Waals surface area contributed by atoms with Crippen LogP contribution in [0.4, 0.5) is 0 Å². The average molecular weight is 253 g/mol. The maximum atomic E-state index is 11.0. The Balaban J connectivity index is 2.90. The van der Waals surface area contributed by atoms with E-state index in [1.807, 2.05) is 31.7 Å². The van der Waals surface area contributed by atoms with Crippen molar-refractivity contribution in [2.24, 2.45) is 5.92 Å². The minimum absolute atomic E-state index is 0.0564. The molecule has 1 atom stereocenters. The maximum absolute atomic E-state index is 11.0. The Kier molecular flexibility index (Phi) is 4.96. The first kappa shape index (κ1) is 14.8. The highest BCUT2D eigenvalue weighted by Gasteiger charge is 2.22. The minimum atomic E-state index is -0.791. The number of hydrogen-bond acceptors (Lipinski definition) is 3. The third-order valence-electron chi connectivity index (χ3n) is 3.02. The monoisotopic (exact) mass is 253 g/mol. The van der Waals surface area contributed by atoms with E-state index in [1.165, 1.54) is 0 Å². The van der Waals surface area contributed by atoms with Gasteiger partial charge in [0.05, 0.1) is 6.54 Å². The topological polar surface area (TPSA) is 53.7 Å². The van der Waals surface area contributed by atoms with E-state index < -0.39 is 5.97 Å². The number of hydrogen-bond donors (Lipinski definition) is 1. The van der Waals surface area contributed by atoms with Crippen molar-refractivity contribution in [2.45, 2.75) is 40.7 Å². The molecule has 1 aromatic heterocycles. The van der Waals surface area contributed by atoms with Crippen LogP contribution in [0.5, 0.6) is 0 Å². The van der Waals surface area contributed by atoms with Crippen LogP contribution in [-0.2, 0) is 4.79 Å². The van der Waals surface area contributed by atoms with Crippen LogP contribution in [0.25, 0.3) is 0 Å². The van der Waals surface area contributed by atoms with Crippen molar-refractivity contribution in [3.8, 4) is 0 Å². The Morgan fingerprint density at radius 1 is 1.39 bits per heavy atom. The highest BCUT2D eigenvalue weighted by molar-refractivity contribution is 5.69. The first-order valence-corrected chi connectivity index (χ1v) is 6.34. The lowest BCUT2D eigenvalue weighted by molar-refractivity contribution is -0.139. The Morgan fingerprint density at radius 2 is 2.00 bits per heavy atom. The van der Waals surface area contributed by atoms with E-state index in [1.54, 1.807) is 0 Å². The molecule has 0 amide bonds. The molecule has 102 valence electrons. The summed E-state index contributed by atoms with van der Waals surface area (Å²) < 4.78 is 5.52. The van der Waals surface area contributed by atoms with E-state index in [2.05, 4.69) is 13.8 Å². The largest absolute Gasteiger partial charge is 0.480 e. The fourth-order valence-electron chi connectivity index (χ4n) is 2.26. The number of aliphatic carboxylic acids is 1. The number of carboxylic acid groups (broad SMARTS) is 1. The van der Waals surface area contributed by atoms with Gasteiger partial charge in [0.15, 0.2) is 0 Å². The summed E-state index contributed by atoms with van der Waals surface area (Å²) in [6, 6.07) is 2.05. The predicted molar refractivity (Wildman–Crippen MR) is 70.6 cm³/mol. The maximum Gasteiger partial charge on any atom is 0.317 e. The standard InChI is InChI=1S/C14H23NO3/c1-9(2)7-15(8-14(16)17)11(4)13-6-10(3)18-12(13)5/h6,9,11H,7-8H2,1-5H3,(H,16,17). The molecule has 0 spiro atoms. The van der Waals surface area contributed by atoms with Crippen LogP contribution in [0.1, 0.15) is 43.9 Å². The van der Waals surface area contributed by atoms with Gasteiger partial charge in [-0.25, -0.2) is 0 Å². The minimum Gasteiger partial charge on any atom is -0.480 e. The van der Waals surface area contributed by atoms with Gasteiger partial charge in [-0.2, -0.15) is 0 Å². The van der Waals surface area contributed by atoms with Crippen LogP contribution < -0.4 is 0 Å². The zero-order valence-electron chi connectivity index (χ0n) is 11.9. The Labute approximate surface area is 109 Å². The van der Waals surface area contributed by atoms with Crippen molar-refractivity contribution in [1.29, 1.82) is 0 Å². The van der Waals surface area contributed by atoms with Crippen LogP contribution in [0.15, 0.2) is 10.5 Å². The van der Waals surface area contributed by atoms with Gasteiger partial charge in [0.1, 0.15) is 11.5 Å². The molecule has 1 aromatic rings. The van der Waals surface area contributed by atoms with Crippen molar-refractivity contribution >= 4 is 5.97 Å². The summed E-state index contributed by atoms with van der Waals surface area (Å²) in [6.45, 7) is 10.9. The van der Waals surface area contributed by atoms with Gasteiger partial charge >= 0.3 is 5.97 Å². The number of carbonyl (C=O) groups is 1. The molecular weight excluding hydrogens is 230 g/mol. The molecule has 1 unspecified atom stereocenters. The summed E-state index contributed by atoms with van der Waals surface area (Å²) in [5, 5.41) is 9.00. The van der Waals surface area contributed by atoms with Crippen LogP contribution in [0.3, 0.4) is 0 Å². The zero-order valence-corrected chi connectivity index (χ0v) is 11.9. The van der Waals surface area contributed by atoms with Crippen LogP contribution in [0.2, 0.25) is 0 Å². The number of nitrogens with zero attached hydrogens (tertiary/aromatic N) is 1. The third-order valence-corrected chi connectivity index (χ3v) is 3.02. The summed E-state index contributed by atoms with van der Waals surface area (Å²) in [5.74, 6) is 1.38. The molecule has 0 aliphatic carbocycles. The number of rotatable bonds is 6. The van der Waals surface area contributed by atoms with E-state index in [-0.39, 0.29) is 12.6 Å². The summed E-state index contributed by atoms with van der Waals surface area (Å²) >= 11 is 0. The van der Waals surface area contributed by atoms with Crippen LogP contribution in [0, 0.1) is 19.8 Å². The fourth-order valence-corrected chi connectivity index (χ4v) is 2.26. The summed E-state index contributed by atoms with van der Waals surface area (Å²) in [7, 11) is 0. The van der Waals surface area contributed by atoms with Gasteiger partial charge in [0.2, 0.25) is 0 Å². The second-order valence-electron chi connectivity index (χ2n) is 5.26. The SMILES string of the molecule is Cc1cc(C(C)N(CC(=O)O)CC(C)C)c(C)o1. The van der Waals surface area contributed by atoms with Crippen molar-refractivity contribution in [2.75, 3.05) is 13.1 Å². The molecule has 0 saturated heterocycles. The zero-order chi connectivity index (χ0) is 13.9. The quantitative estimate of drug-likeness (QED) is 0.846. The van der Waals surface area contributed by atoms with Gasteiger partial charge in [-0.1, -0.05) is 13.8 Å². The van der Waals surface area contributed by atoms with Crippen molar-refractivity contribution in [1.82, 2.24) is 4.90 Å². The highest BCUT2D eigenvalue weighted by Crippen LogP contribution is 2.26. The van der Waals surface area contributed by atoms with Gasteiger partial charge in [-0.05, 0) is 32.8 Å². The Morgan fingerprint density at radius 3 is 2.39 bits per heavy atom. The first-order chi connectivity index (χ1) is 8.31. The smallest absolute Gasteiger partial charge is 0.317 e. The first-order valence-electron chi connectivity index (χ1n) is 6.34. The summed E-state index contributed by atoms with van der Waals surface area (Å²) in [6.07, 6.45) is 0. The van der Waals surface area contributed by atoms with E-state index >= 15 is 0 Å². The Hall–Kier alpha value is -1.29. The van der Waals surface area contributed by atoms with E-state index in [4.69, 9.17) is 9.52 Å². The summed E-state index contributed by atoms with van der Waals surface area (Å²) in [5.41, 5.74) is 1.08. The second-order valence-corrected chi connectivity index (χ2v) is 5.26. The van der Waals surface area contributed by atoms with Gasteiger partial charge in [0, 0.05) is 18.2 Å². The molecule has 4 nitrogen and oxygen atoms in total. The number of furan rings is 1. The predicted octanol–water partition coefficient (Wildman–Crippen LogP) is 3.00. The average Bonchev–Trinajstić information content (AvgIpc) is 2.54. The normalized spacial score (nSPS) is 13.3. The highest BCUT2D eigenvalue weighted by atomic mass is 16.4.